The molecule has 0 fully saturated rings. The molecule has 0 aromatic heterocycles. The van der Waals surface area contributed by atoms with Crippen LogP contribution >= 0.6 is 0 Å². The number of carbonyl (C=O) groups is 1. The van der Waals surface area contributed by atoms with E-state index in [0.29, 0.717) is 25.3 Å². The molecule has 0 spiro atoms. The molecular formula is C20H28N3O3S+. The van der Waals surface area contributed by atoms with Crippen molar-refractivity contribution >= 4 is 21.6 Å². The SMILES string of the molecule is CCN(CC)S(=O)(=O)c1ccc(NC(=O)C[NH+](C)Cc2ccccc2)cc1. The van der Waals surface area contributed by atoms with E-state index in [1.165, 1.54) is 22.0 Å². The minimum absolute atomic E-state index is 0.109. The van der Waals surface area contributed by atoms with Crippen LogP contribution in [0.1, 0.15) is 19.4 Å². The van der Waals surface area contributed by atoms with Crippen molar-refractivity contribution in [2.75, 3.05) is 32.0 Å². The Labute approximate surface area is 161 Å². The molecule has 0 saturated carbocycles. The molecule has 7 heteroatoms. The number of carbonyl (C=O) groups excluding carboxylic acids is 1. The van der Waals surface area contributed by atoms with Gasteiger partial charge in [0, 0.05) is 24.3 Å². The molecule has 0 aliphatic rings. The fraction of sp³-hybridized carbons (Fsp3) is 0.350. The Morgan fingerprint density at radius 3 is 2.15 bits per heavy atom. The van der Waals surface area contributed by atoms with Gasteiger partial charge in [0.05, 0.1) is 11.9 Å². The molecule has 2 N–H and O–H groups in total. The lowest BCUT2D eigenvalue weighted by Crippen LogP contribution is -3.08. The van der Waals surface area contributed by atoms with E-state index >= 15 is 0 Å². The maximum atomic E-state index is 12.5. The second-order valence-corrected chi connectivity index (χ2v) is 8.40. The van der Waals surface area contributed by atoms with Gasteiger partial charge in [-0.2, -0.15) is 4.31 Å². The van der Waals surface area contributed by atoms with Gasteiger partial charge < -0.3 is 10.2 Å². The maximum absolute atomic E-state index is 12.5. The molecule has 146 valence electrons. The standard InChI is InChI=1S/C20H27N3O3S/c1-4-23(5-2)27(25,26)19-13-11-18(12-14-19)21-20(24)16-22(3)15-17-9-7-6-8-10-17/h6-14H,4-5,15-16H2,1-3H3,(H,21,24)/p+1. The second kappa shape index (κ2) is 9.64. The van der Waals surface area contributed by atoms with Crippen LogP contribution in [0.15, 0.2) is 59.5 Å². The van der Waals surface area contributed by atoms with Crippen molar-refractivity contribution in [2.24, 2.45) is 0 Å². The van der Waals surface area contributed by atoms with Crippen molar-refractivity contribution in [3.63, 3.8) is 0 Å². The van der Waals surface area contributed by atoms with E-state index in [0.717, 1.165) is 11.4 Å². The highest BCUT2D eigenvalue weighted by atomic mass is 32.2. The van der Waals surface area contributed by atoms with Crippen LogP contribution in [-0.2, 0) is 21.4 Å². The number of hydrogen-bond acceptors (Lipinski definition) is 3. The van der Waals surface area contributed by atoms with E-state index in [-0.39, 0.29) is 10.8 Å². The summed E-state index contributed by atoms with van der Waals surface area (Å²) in [5.74, 6) is -0.109. The van der Waals surface area contributed by atoms with Gasteiger partial charge in [-0.25, -0.2) is 8.42 Å². The molecule has 0 heterocycles. The van der Waals surface area contributed by atoms with Crippen molar-refractivity contribution in [1.82, 2.24) is 4.31 Å². The summed E-state index contributed by atoms with van der Waals surface area (Å²) in [4.78, 5) is 13.5. The lowest BCUT2D eigenvalue weighted by atomic mass is 10.2. The molecule has 27 heavy (non-hydrogen) atoms. The van der Waals surface area contributed by atoms with Crippen LogP contribution in [0, 0.1) is 0 Å². The number of sulfonamides is 1. The Bertz CT molecular complexity index is 833. The normalized spacial score (nSPS) is 12.7. The van der Waals surface area contributed by atoms with Gasteiger partial charge in [-0.3, -0.25) is 4.79 Å². The number of quaternary nitrogens is 1. The first kappa shape index (κ1) is 21.1. The highest BCUT2D eigenvalue weighted by molar-refractivity contribution is 7.89. The first-order valence-corrected chi connectivity index (χ1v) is 10.6. The van der Waals surface area contributed by atoms with Crippen LogP contribution in [0.2, 0.25) is 0 Å². The fourth-order valence-electron chi connectivity index (χ4n) is 2.91. The lowest BCUT2D eigenvalue weighted by Gasteiger charge is -2.18. The van der Waals surface area contributed by atoms with Crippen LogP contribution in [0.3, 0.4) is 0 Å². The van der Waals surface area contributed by atoms with Crippen LogP contribution in [0.5, 0.6) is 0 Å². The summed E-state index contributed by atoms with van der Waals surface area (Å²) in [6, 6.07) is 16.3. The Kier molecular flexibility index (Phi) is 7.53. The third kappa shape index (κ3) is 5.89. The second-order valence-electron chi connectivity index (χ2n) is 6.46. The molecule has 2 aromatic carbocycles. The number of anilines is 1. The van der Waals surface area contributed by atoms with Gasteiger partial charge in [0.25, 0.3) is 5.91 Å². The summed E-state index contributed by atoms with van der Waals surface area (Å²) < 4.78 is 26.4. The molecular weight excluding hydrogens is 362 g/mol. The van der Waals surface area contributed by atoms with Crippen molar-refractivity contribution in [3.8, 4) is 0 Å². The van der Waals surface area contributed by atoms with E-state index in [9.17, 15) is 13.2 Å². The van der Waals surface area contributed by atoms with Crippen LogP contribution in [0.4, 0.5) is 5.69 Å². The molecule has 2 rings (SSSR count). The highest BCUT2D eigenvalue weighted by Gasteiger charge is 2.21. The van der Waals surface area contributed by atoms with Crippen molar-refractivity contribution in [3.05, 3.63) is 60.2 Å². The van der Waals surface area contributed by atoms with Gasteiger partial charge in [0.15, 0.2) is 6.54 Å². The van der Waals surface area contributed by atoms with Crippen LogP contribution in [-0.4, -0.2) is 45.3 Å². The molecule has 0 aliphatic heterocycles. The van der Waals surface area contributed by atoms with Crippen LogP contribution in [0.25, 0.3) is 0 Å². The van der Waals surface area contributed by atoms with E-state index in [1.807, 2.05) is 51.2 Å². The zero-order valence-corrected chi connectivity index (χ0v) is 16.9. The molecule has 1 unspecified atom stereocenters. The third-order valence-corrected chi connectivity index (χ3v) is 6.36. The highest BCUT2D eigenvalue weighted by Crippen LogP contribution is 2.18. The molecule has 0 saturated heterocycles. The average Bonchev–Trinajstić information content (AvgIpc) is 2.63. The van der Waals surface area contributed by atoms with Gasteiger partial charge in [-0.1, -0.05) is 44.2 Å². The smallest absolute Gasteiger partial charge is 0.279 e. The minimum Gasteiger partial charge on any atom is -0.326 e. The average molecular weight is 391 g/mol. The number of rotatable bonds is 9. The summed E-state index contributed by atoms with van der Waals surface area (Å²) in [7, 11) is -1.52. The summed E-state index contributed by atoms with van der Waals surface area (Å²) in [6.45, 7) is 5.55. The molecule has 0 bridgehead atoms. The Hall–Kier alpha value is -2.22. The summed E-state index contributed by atoms with van der Waals surface area (Å²) in [5.41, 5.74) is 1.76. The zero-order chi connectivity index (χ0) is 19.9. The molecule has 0 radical (unpaired) electrons. The topological polar surface area (TPSA) is 70.9 Å². The predicted molar refractivity (Wildman–Crippen MR) is 107 cm³/mol. The molecule has 2 aromatic rings. The molecule has 1 atom stereocenters. The van der Waals surface area contributed by atoms with Gasteiger partial charge in [0.1, 0.15) is 6.54 Å². The van der Waals surface area contributed by atoms with E-state index < -0.39 is 10.0 Å². The van der Waals surface area contributed by atoms with Crippen molar-refractivity contribution in [2.45, 2.75) is 25.3 Å². The summed E-state index contributed by atoms with van der Waals surface area (Å²) in [6.07, 6.45) is 0. The molecule has 1 amide bonds. The number of hydrogen-bond donors (Lipinski definition) is 2. The molecule has 0 aliphatic carbocycles. The summed E-state index contributed by atoms with van der Waals surface area (Å²) in [5, 5.41) is 2.83. The molecule has 6 nitrogen and oxygen atoms in total. The van der Waals surface area contributed by atoms with Gasteiger partial charge >= 0.3 is 0 Å². The van der Waals surface area contributed by atoms with Gasteiger partial charge in [-0.05, 0) is 24.3 Å². The fourth-order valence-corrected chi connectivity index (χ4v) is 4.37. The Morgan fingerprint density at radius 2 is 1.59 bits per heavy atom. The number of nitrogens with zero attached hydrogens (tertiary/aromatic N) is 1. The van der Waals surface area contributed by atoms with Crippen molar-refractivity contribution < 1.29 is 18.1 Å². The summed E-state index contributed by atoms with van der Waals surface area (Å²) >= 11 is 0. The van der Waals surface area contributed by atoms with Gasteiger partial charge in [-0.15, -0.1) is 0 Å². The third-order valence-electron chi connectivity index (χ3n) is 4.29. The number of benzene rings is 2. The van der Waals surface area contributed by atoms with Crippen molar-refractivity contribution in [1.29, 1.82) is 0 Å². The largest absolute Gasteiger partial charge is 0.326 e. The van der Waals surface area contributed by atoms with Crippen LogP contribution < -0.4 is 10.2 Å². The quantitative estimate of drug-likeness (QED) is 0.679. The Morgan fingerprint density at radius 1 is 1.00 bits per heavy atom. The monoisotopic (exact) mass is 390 g/mol. The zero-order valence-electron chi connectivity index (χ0n) is 16.1. The first-order chi connectivity index (χ1) is 12.9. The first-order valence-electron chi connectivity index (χ1n) is 9.12. The van der Waals surface area contributed by atoms with E-state index in [2.05, 4.69) is 5.32 Å². The maximum Gasteiger partial charge on any atom is 0.279 e. The minimum atomic E-state index is -3.48. The van der Waals surface area contributed by atoms with Gasteiger partial charge in [0.2, 0.25) is 10.0 Å². The number of nitrogens with one attached hydrogen (secondary N) is 2. The predicted octanol–water partition coefficient (Wildman–Crippen LogP) is 1.37. The Balaban J connectivity index is 1.94. The van der Waals surface area contributed by atoms with E-state index in [4.69, 9.17) is 0 Å². The van der Waals surface area contributed by atoms with E-state index in [1.54, 1.807) is 12.1 Å². The number of likely N-dealkylation sites (N-methyl/N-ethyl adjacent to an activating group) is 1. The number of amides is 1. The lowest BCUT2D eigenvalue weighted by molar-refractivity contribution is -0.885.